The molecule has 186 valence electrons. The molecular formula is C26H27N5O5. The Morgan fingerprint density at radius 1 is 0.889 bits per heavy atom. The summed E-state index contributed by atoms with van der Waals surface area (Å²) in [5.74, 6) is 2.71. The fourth-order valence-corrected chi connectivity index (χ4v) is 3.57. The fraction of sp³-hybridized carbons (Fsp3) is 0.231. The van der Waals surface area contributed by atoms with Crippen LogP contribution in [0.2, 0.25) is 0 Å². The van der Waals surface area contributed by atoms with Gasteiger partial charge < -0.3 is 29.2 Å². The molecule has 0 fully saturated rings. The third-order valence-electron chi connectivity index (χ3n) is 5.46. The van der Waals surface area contributed by atoms with Gasteiger partial charge in [-0.25, -0.2) is 15.0 Å². The minimum absolute atomic E-state index is 0.105. The lowest BCUT2D eigenvalue weighted by Gasteiger charge is -2.14. The maximum atomic E-state index is 12.6. The molecule has 1 amide bonds. The quantitative estimate of drug-likeness (QED) is 0.372. The molecule has 0 spiro atoms. The highest BCUT2D eigenvalue weighted by molar-refractivity contribution is 5.92. The molecular weight excluding hydrogens is 462 g/mol. The predicted octanol–water partition coefficient (Wildman–Crippen LogP) is 4.09. The first-order valence-corrected chi connectivity index (χ1v) is 11.1. The van der Waals surface area contributed by atoms with Crippen LogP contribution in [0.1, 0.15) is 5.56 Å². The Kier molecular flexibility index (Phi) is 7.33. The number of fused-ring (bicyclic) bond motifs is 1. The van der Waals surface area contributed by atoms with E-state index in [0.29, 0.717) is 51.2 Å². The largest absolute Gasteiger partial charge is 0.496 e. The highest BCUT2D eigenvalue weighted by atomic mass is 16.5. The second kappa shape index (κ2) is 10.8. The Labute approximate surface area is 208 Å². The minimum atomic E-state index is -0.213. The van der Waals surface area contributed by atoms with Gasteiger partial charge in [-0.2, -0.15) is 0 Å². The van der Waals surface area contributed by atoms with Crippen LogP contribution in [0.4, 0.5) is 11.5 Å². The standard InChI is InChI=1S/C26H27N5O5/c1-31(2)17-7-9-24(27-14-17)30-25(32)10-16-6-8-18(11-21(16)33-3)36-26-19-12-22(34-4)23(35-5)13-20(19)28-15-29-26/h6-9,11-15H,10H2,1-5H3,(H,27,30,32). The summed E-state index contributed by atoms with van der Waals surface area (Å²) < 4.78 is 22.3. The van der Waals surface area contributed by atoms with Gasteiger partial charge in [0.1, 0.15) is 23.6 Å². The first-order valence-electron chi connectivity index (χ1n) is 11.1. The van der Waals surface area contributed by atoms with Gasteiger partial charge in [-0.3, -0.25) is 4.79 Å². The van der Waals surface area contributed by atoms with E-state index >= 15 is 0 Å². The third-order valence-corrected chi connectivity index (χ3v) is 5.46. The van der Waals surface area contributed by atoms with E-state index in [1.165, 1.54) is 6.33 Å². The van der Waals surface area contributed by atoms with Crippen molar-refractivity contribution in [3.8, 4) is 28.9 Å². The number of aromatic nitrogens is 3. The van der Waals surface area contributed by atoms with Crippen molar-refractivity contribution in [2.75, 3.05) is 45.6 Å². The van der Waals surface area contributed by atoms with Crippen molar-refractivity contribution in [3.63, 3.8) is 0 Å². The van der Waals surface area contributed by atoms with Crippen molar-refractivity contribution >= 4 is 28.3 Å². The average molecular weight is 490 g/mol. The molecule has 0 radical (unpaired) electrons. The maximum absolute atomic E-state index is 12.6. The van der Waals surface area contributed by atoms with E-state index in [2.05, 4.69) is 20.3 Å². The number of hydrogen-bond donors (Lipinski definition) is 1. The second-order valence-corrected chi connectivity index (χ2v) is 8.00. The topological polar surface area (TPSA) is 108 Å². The molecule has 10 heteroatoms. The van der Waals surface area contributed by atoms with E-state index in [1.807, 2.05) is 25.1 Å². The number of ether oxygens (including phenoxy) is 4. The molecule has 0 atom stereocenters. The van der Waals surface area contributed by atoms with Gasteiger partial charge in [-0.1, -0.05) is 6.07 Å². The number of nitrogens with zero attached hydrogens (tertiary/aromatic N) is 4. The lowest BCUT2D eigenvalue weighted by Crippen LogP contribution is -2.16. The van der Waals surface area contributed by atoms with Gasteiger partial charge in [0.15, 0.2) is 11.5 Å². The van der Waals surface area contributed by atoms with Crippen LogP contribution >= 0.6 is 0 Å². The third kappa shape index (κ3) is 5.38. The van der Waals surface area contributed by atoms with E-state index in [9.17, 15) is 4.79 Å². The van der Waals surface area contributed by atoms with E-state index in [1.54, 1.807) is 63.9 Å². The fourth-order valence-electron chi connectivity index (χ4n) is 3.57. The Morgan fingerprint density at radius 3 is 2.31 bits per heavy atom. The van der Waals surface area contributed by atoms with Crippen molar-refractivity contribution in [2.24, 2.45) is 0 Å². The van der Waals surface area contributed by atoms with Crippen LogP contribution in [0.15, 0.2) is 55.0 Å². The summed E-state index contributed by atoms with van der Waals surface area (Å²) in [6, 6.07) is 12.4. The molecule has 4 rings (SSSR count). The summed E-state index contributed by atoms with van der Waals surface area (Å²) in [7, 11) is 8.52. The number of amides is 1. The van der Waals surface area contributed by atoms with Crippen molar-refractivity contribution in [3.05, 3.63) is 60.6 Å². The zero-order valence-electron chi connectivity index (χ0n) is 20.7. The molecule has 1 N–H and O–H groups in total. The highest BCUT2D eigenvalue weighted by Crippen LogP contribution is 2.36. The van der Waals surface area contributed by atoms with E-state index in [4.69, 9.17) is 18.9 Å². The van der Waals surface area contributed by atoms with Crippen molar-refractivity contribution in [2.45, 2.75) is 6.42 Å². The number of carbonyl (C=O) groups excluding carboxylic acids is 1. The molecule has 4 aromatic rings. The normalized spacial score (nSPS) is 10.6. The van der Waals surface area contributed by atoms with Crippen LogP contribution in [0.5, 0.6) is 28.9 Å². The summed E-state index contributed by atoms with van der Waals surface area (Å²) in [5, 5.41) is 3.47. The van der Waals surface area contributed by atoms with Gasteiger partial charge in [0.25, 0.3) is 0 Å². The molecule has 0 saturated heterocycles. The average Bonchev–Trinajstić information content (AvgIpc) is 2.89. The molecule has 0 aliphatic rings. The number of carbonyl (C=O) groups is 1. The molecule has 0 aliphatic carbocycles. The highest BCUT2D eigenvalue weighted by Gasteiger charge is 2.15. The van der Waals surface area contributed by atoms with Gasteiger partial charge in [-0.05, 0) is 24.3 Å². The summed E-state index contributed by atoms with van der Waals surface area (Å²) >= 11 is 0. The van der Waals surface area contributed by atoms with Crippen LogP contribution in [0.3, 0.4) is 0 Å². The Morgan fingerprint density at radius 2 is 1.64 bits per heavy atom. The lowest BCUT2D eigenvalue weighted by molar-refractivity contribution is -0.115. The Balaban J connectivity index is 1.52. The zero-order chi connectivity index (χ0) is 25.7. The number of benzene rings is 2. The van der Waals surface area contributed by atoms with E-state index in [0.717, 1.165) is 5.69 Å². The maximum Gasteiger partial charge on any atom is 0.230 e. The zero-order valence-corrected chi connectivity index (χ0v) is 20.7. The number of rotatable bonds is 9. The summed E-state index contributed by atoms with van der Waals surface area (Å²) in [6.07, 6.45) is 3.22. The Hall–Kier alpha value is -4.60. The van der Waals surface area contributed by atoms with Gasteiger partial charge in [0.05, 0.1) is 50.5 Å². The number of hydrogen-bond acceptors (Lipinski definition) is 9. The number of pyridine rings is 1. The van der Waals surface area contributed by atoms with Crippen molar-refractivity contribution in [1.82, 2.24) is 15.0 Å². The lowest BCUT2D eigenvalue weighted by atomic mass is 10.1. The molecule has 0 saturated carbocycles. The van der Waals surface area contributed by atoms with Crippen LogP contribution in [0, 0.1) is 0 Å². The molecule has 0 aliphatic heterocycles. The SMILES string of the molecule is COc1cc(Oc2ncnc3cc(OC)c(OC)cc23)ccc1CC(=O)Nc1ccc(N(C)C)cn1. The first-order chi connectivity index (χ1) is 17.4. The molecule has 2 aromatic heterocycles. The van der Waals surface area contributed by atoms with Gasteiger partial charge in [0, 0.05) is 31.8 Å². The second-order valence-electron chi connectivity index (χ2n) is 8.00. The molecule has 2 heterocycles. The summed E-state index contributed by atoms with van der Waals surface area (Å²) in [5.41, 5.74) is 2.29. The van der Waals surface area contributed by atoms with Gasteiger partial charge >= 0.3 is 0 Å². The van der Waals surface area contributed by atoms with Crippen LogP contribution in [-0.2, 0) is 11.2 Å². The van der Waals surface area contributed by atoms with E-state index < -0.39 is 0 Å². The van der Waals surface area contributed by atoms with Crippen LogP contribution in [-0.4, -0.2) is 56.3 Å². The number of nitrogens with one attached hydrogen (secondary N) is 1. The molecule has 36 heavy (non-hydrogen) atoms. The molecule has 2 aromatic carbocycles. The van der Waals surface area contributed by atoms with Crippen molar-refractivity contribution in [1.29, 1.82) is 0 Å². The van der Waals surface area contributed by atoms with Crippen LogP contribution in [0.25, 0.3) is 10.9 Å². The monoisotopic (exact) mass is 489 g/mol. The van der Waals surface area contributed by atoms with Crippen molar-refractivity contribution < 1.29 is 23.7 Å². The van der Waals surface area contributed by atoms with Gasteiger partial charge in [0.2, 0.25) is 11.8 Å². The smallest absolute Gasteiger partial charge is 0.230 e. The predicted molar refractivity (Wildman–Crippen MR) is 137 cm³/mol. The number of anilines is 2. The van der Waals surface area contributed by atoms with Gasteiger partial charge in [-0.15, -0.1) is 0 Å². The molecule has 0 unspecified atom stereocenters. The summed E-state index contributed by atoms with van der Waals surface area (Å²) in [4.78, 5) is 27.4. The first kappa shape index (κ1) is 24.5. The number of methoxy groups -OCH3 is 3. The Bertz CT molecular complexity index is 1380. The summed E-state index contributed by atoms with van der Waals surface area (Å²) in [6.45, 7) is 0. The molecule has 0 bridgehead atoms. The minimum Gasteiger partial charge on any atom is -0.496 e. The van der Waals surface area contributed by atoms with E-state index in [-0.39, 0.29) is 12.3 Å². The van der Waals surface area contributed by atoms with Crippen LogP contribution < -0.4 is 29.2 Å². The molecule has 10 nitrogen and oxygen atoms in total.